The van der Waals surface area contributed by atoms with Crippen LogP contribution in [0.25, 0.3) is 32.7 Å². The van der Waals surface area contributed by atoms with Gasteiger partial charge in [0.15, 0.2) is 5.75 Å². The van der Waals surface area contributed by atoms with Crippen LogP contribution in [0.5, 0.6) is 23.0 Å². The van der Waals surface area contributed by atoms with E-state index in [1.165, 1.54) is 26.4 Å². The summed E-state index contributed by atoms with van der Waals surface area (Å²) in [6.45, 7) is 0. The molecule has 15 nitrogen and oxygen atoms in total. The topological polar surface area (TPSA) is 243 Å². The van der Waals surface area contributed by atoms with E-state index >= 15 is 0 Å². The maximum absolute atomic E-state index is 12.2. The first-order valence-corrected chi connectivity index (χ1v) is 17.5. The number of hydrogen-bond acceptors (Lipinski definition) is 13. The van der Waals surface area contributed by atoms with E-state index < -0.39 is 41.5 Å². The van der Waals surface area contributed by atoms with Gasteiger partial charge >= 0.3 is 0 Å². The van der Waals surface area contributed by atoms with Crippen molar-refractivity contribution in [3.63, 3.8) is 0 Å². The standard InChI is InChI=1S/C34H27N5O10S2/c1-48-29-14-19(4-10-26(29)36-38-32-25-17-22(35)7-3-18(25)6-12-28(32)40)20-5-11-27(30(15-20)49-2)37-39-33-31(51(45,46)47)16-21-13-23(50(42,43)44)8-9-24(21)34(33)41/h3-17,40-41H,35H2,1-2H3,(H,42,43,44)(H,45,46,47). The predicted molar refractivity (Wildman–Crippen MR) is 189 cm³/mol. The number of phenolic OH excluding ortho intramolecular Hbond substituents is 2. The molecule has 0 bridgehead atoms. The fourth-order valence-electron chi connectivity index (χ4n) is 5.29. The minimum atomic E-state index is -5.00. The lowest BCUT2D eigenvalue weighted by atomic mass is 10.0. The number of aromatic hydroxyl groups is 2. The van der Waals surface area contributed by atoms with Crippen LogP contribution in [0.15, 0.2) is 121 Å². The molecule has 6 N–H and O–H groups in total. The number of nitrogens with zero attached hydrogens (tertiary/aromatic N) is 4. The Balaban J connectivity index is 1.34. The minimum Gasteiger partial charge on any atom is -0.506 e. The first-order valence-electron chi connectivity index (χ1n) is 14.6. The zero-order chi connectivity index (χ0) is 36.7. The van der Waals surface area contributed by atoms with Crippen LogP contribution in [0.2, 0.25) is 0 Å². The summed E-state index contributed by atoms with van der Waals surface area (Å²) in [6, 6.07) is 22.5. The SMILES string of the molecule is COc1cc(-c2ccc(N=Nc3c(O)ccc4ccc(N)cc34)c(OC)c2)ccc1N=Nc1c(S(=O)(=O)O)cc2cc(S(=O)(=O)O)ccc2c1O. The molecule has 0 fully saturated rings. The summed E-state index contributed by atoms with van der Waals surface area (Å²) in [5.41, 5.74) is 7.89. The lowest BCUT2D eigenvalue weighted by molar-refractivity contribution is 0.415. The summed E-state index contributed by atoms with van der Waals surface area (Å²) in [5, 5.41) is 39.3. The van der Waals surface area contributed by atoms with Gasteiger partial charge in [0.25, 0.3) is 20.2 Å². The molecule has 0 aliphatic carbocycles. The first kappa shape index (κ1) is 34.7. The molecule has 0 radical (unpaired) electrons. The highest BCUT2D eigenvalue weighted by molar-refractivity contribution is 7.86. The average molecular weight is 730 g/mol. The number of azo groups is 2. The summed E-state index contributed by atoms with van der Waals surface area (Å²) >= 11 is 0. The Hall–Kier alpha value is -6.14. The van der Waals surface area contributed by atoms with Gasteiger partial charge in [0.2, 0.25) is 0 Å². The van der Waals surface area contributed by atoms with Crippen LogP contribution in [-0.4, -0.2) is 50.4 Å². The second-order valence-electron chi connectivity index (χ2n) is 11.0. The molecule has 0 atom stereocenters. The zero-order valence-corrected chi connectivity index (χ0v) is 28.2. The number of rotatable bonds is 9. The molecule has 0 aliphatic heterocycles. The molecular weight excluding hydrogens is 703 g/mol. The molecule has 0 amide bonds. The summed E-state index contributed by atoms with van der Waals surface area (Å²) in [7, 11) is -6.81. The van der Waals surface area contributed by atoms with E-state index in [1.807, 2.05) is 6.07 Å². The van der Waals surface area contributed by atoms with E-state index in [0.29, 0.717) is 33.6 Å². The van der Waals surface area contributed by atoms with Crippen LogP contribution in [0, 0.1) is 0 Å². The van der Waals surface area contributed by atoms with Crippen molar-refractivity contribution in [1.29, 1.82) is 0 Å². The number of phenols is 2. The smallest absolute Gasteiger partial charge is 0.296 e. The van der Waals surface area contributed by atoms with Crippen LogP contribution in [0.1, 0.15) is 0 Å². The van der Waals surface area contributed by atoms with Crippen LogP contribution >= 0.6 is 0 Å². The molecule has 0 spiro atoms. The van der Waals surface area contributed by atoms with Crippen molar-refractivity contribution in [3.8, 4) is 34.1 Å². The van der Waals surface area contributed by atoms with Crippen molar-refractivity contribution in [3.05, 3.63) is 91.0 Å². The number of fused-ring (bicyclic) bond motifs is 2. The highest BCUT2D eigenvalue weighted by Crippen LogP contribution is 2.44. The van der Waals surface area contributed by atoms with Crippen molar-refractivity contribution < 1.29 is 45.6 Å². The van der Waals surface area contributed by atoms with Crippen molar-refractivity contribution in [2.45, 2.75) is 9.79 Å². The Morgan fingerprint density at radius 2 is 1.18 bits per heavy atom. The molecule has 0 aliphatic rings. The quantitative estimate of drug-likeness (QED) is 0.0542. The molecule has 17 heteroatoms. The third-order valence-electron chi connectivity index (χ3n) is 7.80. The first-order chi connectivity index (χ1) is 24.2. The summed E-state index contributed by atoms with van der Waals surface area (Å²) in [6.07, 6.45) is 0. The lowest BCUT2D eigenvalue weighted by Gasteiger charge is -2.11. The van der Waals surface area contributed by atoms with Crippen LogP contribution < -0.4 is 15.2 Å². The van der Waals surface area contributed by atoms with Gasteiger partial charge in [-0.1, -0.05) is 24.3 Å². The summed E-state index contributed by atoms with van der Waals surface area (Å²) in [5.74, 6) is -0.218. The van der Waals surface area contributed by atoms with Crippen molar-refractivity contribution in [2.75, 3.05) is 20.0 Å². The summed E-state index contributed by atoms with van der Waals surface area (Å²) in [4.78, 5) is -1.41. The second-order valence-corrected chi connectivity index (χ2v) is 13.8. The number of anilines is 1. The number of hydrogen-bond donors (Lipinski definition) is 5. The van der Waals surface area contributed by atoms with Gasteiger partial charge in [-0.3, -0.25) is 9.11 Å². The van der Waals surface area contributed by atoms with Gasteiger partial charge in [0.1, 0.15) is 44.9 Å². The third-order valence-corrected chi connectivity index (χ3v) is 9.52. The van der Waals surface area contributed by atoms with E-state index in [1.54, 1.807) is 48.5 Å². The van der Waals surface area contributed by atoms with E-state index in [0.717, 1.165) is 29.7 Å². The molecule has 6 aromatic carbocycles. The lowest BCUT2D eigenvalue weighted by Crippen LogP contribution is -2.00. The fourth-order valence-corrected chi connectivity index (χ4v) is 6.46. The second kappa shape index (κ2) is 13.3. The normalized spacial score (nSPS) is 12.3. The maximum atomic E-state index is 12.2. The zero-order valence-electron chi connectivity index (χ0n) is 26.6. The van der Waals surface area contributed by atoms with E-state index in [4.69, 9.17) is 15.2 Å². The van der Waals surface area contributed by atoms with Crippen molar-refractivity contribution >= 4 is 70.2 Å². The molecule has 0 saturated heterocycles. The third kappa shape index (κ3) is 6.99. The number of ether oxygens (including phenoxy) is 2. The van der Waals surface area contributed by atoms with Gasteiger partial charge in [-0.2, -0.15) is 16.8 Å². The Morgan fingerprint density at radius 3 is 1.75 bits per heavy atom. The fraction of sp³-hybridized carbons (Fsp3) is 0.0588. The molecule has 0 aromatic heterocycles. The molecule has 6 aromatic rings. The molecular formula is C34H27N5O10S2. The van der Waals surface area contributed by atoms with Crippen LogP contribution in [-0.2, 0) is 20.2 Å². The average Bonchev–Trinajstić information content (AvgIpc) is 3.09. The summed E-state index contributed by atoms with van der Waals surface area (Å²) < 4.78 is 78.0. The van der Waals surface area contributed by atoms with E-state index in [2.05, 4.69) is 20.5 Å². The minimum absolute atomic E-state index is 0.0263. The van der Waals surface area contributed by atoms with Crippen molar-refractivity contribution in [2.24, 2.45) is 20.5 Å². The van der Waals surface area contributed by atoms with Crippen LogP contribution in [0.3, 0.4) is 0 Å². The Kier molecular flexibility index (Phi) is 9.05. The van der Waals surface area contributed by atoms with Gasteiger partial charge in [0, 0.05) is 16.5 Å². The maximum Gasteiger partial charge on any atom is 0.296 e. The Labute approximate surface area is 290 Å². The number of nitrogens with two attached hydrogens (primary N) is 1. The highest BCUT2D eigenvalue weighted by Gasteiger charge is 2.23. The Morgan fingerprint density at radius 1 is 0.588 bits per heavy atom. The van der Waals surface area contributed by atoms with E-state index in [9.17, 15) is 36.2 Å². The number of benzene rings is 6. The van der Waals surface area contributed by atoms with Crippen molar-refractivity contribution in [1.82, 2.24) is 0 Å². The monoisotopic (exact) mass is 729 g/mol. The van der Waals surface area contributed by atoms with Gasteiger partial charge < -0.3 is 25.4 Å². The van der Waals surface area contributed by atoms with E-state index in [-0.39, 0.29) is 33.6 Å². The molecule has 0 heterocycles. The van der Waals surface area contributed by atoms with Gasteiger partial charge in [-0.05, 0) is 88.6 Å². The molecule has 0 unspecified atom stereocenters. The molecule has 260 valence electrons. The van der Waals surface area contributed by atoms with Gasteiger partial charge in [-0.15, -0.1) is 20.5 Å². The Bertz CT molecular complexity index is 2660. The molecule has 0 saturated carbocycles. The van der Waals surface area contributed by atoms with Gasteiger partial charge in [0.05, 0.1) is 19.1 Å². The largest absolute Gasteiger partial charge is 0.506 e. The molecule has 6 rings (SSSR count). The highest BCUT2D eigenvalue weighted by atomic mass is 32.2. The molecule has 51 heavy (non-hydrogen) atoms. The van der Waals surface area contributed by atoms with Crippen LogP contribution in [0.4, 0.5) is 28.4 Å². The number of nitrogen functional groups attached to an aromatic ring is 1. The van der Waals surface area contributed by atoms with Gasteiger partial charge in [-0.25, -0.2) is 0 Å². The predicted octanol–water partition coefficient (Wildman–Crippen LogP) is 7.99. The number of methoxy groups -OCH3 is 2.